The summed E-state index contributed by atoms with van der Waals surface area (Å²) in [5.74, 6) is 1.67. The highest BCUT2D eigenvalue weighted by atomic mass is 15.1. The first-order valence-corrected chi connectivity index (χ1v) is 8.60. The van der Waals surface area contributed by atoms with Gasteiger partial charge in [-0.15, -0.1) is 0 Å². The molecule has 0 bridgehead atoms. The normalized spacial score (nSPS) is 17.5. The molecule has 0 radical (unpaired) electrons. The third kappa shape index (κ3) is 6.19. The van der Waals surface area contributed by atoms with Crippen molar-refractivity contribution in [3.63, 3.8) is 0 Å². The highest BCUT2D eigenvalue weighted by Crippen LogP contribution is 2.18. The predicted octanol–water partition coefficient (Wildman–Crippen LogP) is 3.71. The molecule has 0 aliphatic carbocycles. The molecule has 21 heavy (non-hydrogen) atoms. The Morgan fingerprint density at radius 3 is 2.33 bits per heavy atom. The zero-order valence-electron chi connectivity index (χ0n) is 14.1. The van der Waals surface area contributed by atoms with Crippen LogP contribution in [-0.2, 0) is 13.0 Å². The standard InChI is InChI=1S/C19H32N2/c1-16(2)14-18-4-6-19(7-5-18)15-20-11-8-17-9-12-21(3)13-10-17/h4-7,16-17,20H,8-15H2,1-3H3. The summed E-state index contributed by atoms with van der Waals surface area (Å²) in [5, 5.41) is 3.61. The van der Waals surface area contributed by atoms with Gasteiger partial charge in [0.25, 0.3) is 0 Å². The number of hydrogen-bond donors (Lipinski definition) is 1. The molecule has 1 aliphatic heterocycles. The van der Waals surface area contributed by atoms with Crippen molar-refractivity contribution < 1.29 is 0 Å². The number of nitrogens with one attached hydrogen (secondary N) is 1. The topological polar surface area (TPSA) is 15.3 Å². The van der Waals surface area contributed by atoms with Crippen molar-refractivity contribution in [1.82, 2.24) is 10.2 Å². The summed E-state index contributed by atoms with van der Waals surface area (Å²) in [4.78, 5) is 2.45. The maximum atomic E-state index is 3.61. The minimum Gasteiger partial charge on any atom is -0.313 e. The molecule has 1 N–H and O–H groups in total. The monoisotopic (exact) mass is 288 g/mol. The fraction of sp³-hybridized carbons (Fsp3) is 0.684. The van der Waals surface area contributed by atoms with Gasteiger partial charge in [0.05, 0.1) is 0 Å². The van der Waals surface area contributed by atoms with Gasteiger partial charge >= 0.3 is 0 Å². The Kier molecular flexibility index (Phi) is 6.72. The van der Waals surface area contributed by atoms with Gasteiger partial charge in [0.1, 0.15) is 0 Å². The lowest BCUT2D eigenvalue weighted by Gasteiger charge is -2.28. The molecule has 1 saturated heterocycles. The largest absolute Gasteiger partial charge is 0.313 e. The Morgan fingerprint density at radius 2 is 1.71 bits per heavy atom. The van der Waals surface area contributed by atoms with Crippen LogP contribution in [0.3, 0.4) is 0 Å². The zero-order valence-corrected chi connectivity index (χ0v) is 14.1. The minimum absolute atomic E-state index is 0.739. The molecule has 1 aliphatic rings. The average Bonchev–Trinajstić information content (AvgIpc) is 2.46. The number of rotatable bonds is 7. The summed E-state index contributed by atoms with van der Waals surface area (Å²) in [6.07, 6.45) is 5.27. The molecule has 1 heterocycles. The van der Waals surface area contributed by atoms with E-state index in [1.54, 1.807) is 0 Å². The summed E-state index contributed by atoms with van der Waals surface area (Å²) in [6.45, 7) is 9.28. The molecule has 2 nitrogen and oxygen atoms in total. The zero-order chi connectivity index (χ0) is 15.1. The van der Waals surface area contributed by atoms with E-state index in [9.17, 15) is 0 Å². The number of nitrogens with zero attached hydrogens (tertiary/aromatic N) is 1. The molecule has 1 aromatic carbocycles. The molecule has 0 amide bonds. The van der Waals surface area contributed by atoms with Crippen molar-refractivity contribution in [2.75, 3.05) is 26.7 Å². The molecule has 1 aromatic rings. The third-order valence-corrected chi connectivity index (χ3v) is 4.56. The van der Waals surface area contributed by atoms with Crippen LogP contribution in [0.1, 0.15) is 44.2 Å². The second kappa shape index (κ2) is 8.55. The van der Waals surface area contributed by atoms with Crippen LogP contribution in [0.15, 0.2) is 24.3 Å². The van der Waals surface area contributed by atoms with Crippen molar-refractivity contribution in [1.29, 1.82) is 0 Å². The van der Waals surface area contributed by atoms with Crippen molar-refractivity contribution in [2.45, 2.75) is 46.1 Å². The van der Waals surface area contributed by atoms with E-state index in [2.05, 4.69) is 55.4 Å². The molecule has 2 heteroatoms. The summed E-state index contributed by atoms with van der Waals surface area (Å²) >= 11 is 0. The highest BCUT2D eigenvalue weighted by molar-refractivity contribution is 5.22. The van der Waals surface area contributed by atoms with E-state index < -0.39 is 0 Å². The first kappa shape index (κ1) is 16.5. The van der Waals surface area contributed by atoms with Crippen LogP contribution in [0.4, 0.5) is 0 Å². The van der Waals surface area contributed by atoms with Crippen molar-refractivity contribution in [3.8, 4) is 0 Å². The smallest absolute Gasteiger partial charge is 0.0205 e. The van der Waals surface area contributed by atoms with Gasteiger partial charge in [-0.2, -0.15) is 0 Å². The van der Waals surface area contributed by atoms with Crippen LogP contribution in [-0.4, -0.2) is 31.6 Å². The molecule has 1 fully saturated rings. The van der Waals surface area contributed by atoms with E-state index in [1.165, 1.54) is 49.9 Å². The summed E-state index contributed by atoms with van der Waals surface area (Å²) < 4.78 is 0. The number of benzene rings is 1. The van der Waals surface area contributed by atoms with E-state index in [0.29, 0.717) is 0 Å². The van der Waals surface area contributed by atoms with Gasteiger partial charge in [0.15, 0.2) is 0 Å². The maximum Gasteiger partial charge on any atom is 0.0205 e. The van der Waals surface area contributed by atoms with Gasteiger partial charge in [-0.3, -0.25) is 0 Å². The fourth-order valence-corrected chi connectivity index (χ4v) is 3.15. The second-order valence-electron chi connectivity index (χ2n) is 7.13. The lowest BCUT2D eigenvalue weighted by atomic mass is 9.94. The lowest BCUT2D eigenvalue weighted by Crippen LogP contribution is -2.31. The molecular formula is C19H32N2. The first-order valence-electron chi connectivity index (χ1n) is 8.60. The van der Waals surface area contributed by atoms with Gasteiger partial charge in [-0.25, -0.2) is 0 Å². The molecule has 0 spiro atoms. The van der Waals surface area contributed by atoms with E-state index in [0.717, 1.165) is 24.9 Å². The van der Waals surface area contributed by atoms with E-state index in [1.807, 2.05) is 0 Å². The first-order chi connectivity index (χ1) is 10.1. The quantitative estimate of drug-likeness (QED) is 0.770. The summed E-state index contributed by atoms with van der Waals surface area (Å²) in [7, 11) is 2.23. The Labute approximate surface area is 130 Å². The lowest BCUT2D eigenvalue weighted by molar-refractivity contribution is 0.211. The van der Waals surface area contributed by atoms with E-state index in [4.69, 9.17) is 0 Å². The molecular weight excluding hydrogens is 256 g/mol. The van der Waals surface area contributed by atoms with Crippen molar-refractivity contribution >= 4 is 0 Å². The van der Waals surface area contributed by atoms with Gasteiger partial charge in [-0.1, -0.05) is 38.1 Å². The second-order valence-corrected chi connectivity index (χ2v) is 7.13. The van der Waals surface area contributed by atoms with Crippen LogP contribution in [0, 0.1) is 11.8 Å². The van der Waals surface area contributed by atoms with Crippen LogP contribution < -0.4 is 5.32 Å². The predicted molar refractivity (Wildman–Crippen MR) is 91.5 cm³/mol. The Hall–Kier alpha value is -0.860. The Morgan fingerprint density at radius 1 is 1.10 bits per heavy atom. The Bertz CT molecular complexity index is 389. The molecule has 0 aromatic heterocycles. The van der Waals surface area contributed by atoms with Crippen LogP contribution in [0.5, 0.6) is 0 Å². The van der Waals surface area contributed by atoms with Gasteiger partial charge < -0.3 is 10.2 Å². The third-order valence-electron chi connectivity index (χ3n) is 4.56. The van der Waals surface area contributed by atoms with Crippen LogP contribution >= 0.6 is 0 Å². The van der Waals surface area contributed by atoms with Crippen LogP contribution in [0.25, 0.3) is 0 Å². The fourth-order valence-electron chi connectivity index (χ4n) is 3.15. The number of likely N-dealkylation sites (tertiary alicyclic amines) is 1. The molecule has 0 saturated carbocycles. The summed E-state index contributed by atoms with van der Waals surface area (Å²) in [5.41, 5.74) is 2.87. The van der Waals surface area contributed by atoms with Crippen molar-refractivity contribution in [3.05, 3.63) is 35.4 Å². The maximum absolute atomic E-state index is 3.61. The summed E-state index contributed by atoms with van der Waals surface area (Å²) in [6, 6.07) is 9.13. The minimum atomic E-state index is 0.739. The molecule has 2 rings (SSSR count). The van der Waals surface area contributed by atoms with E-state index in [-0.39, 0.29) is 0 Å². The van der Waals surface area contributed by atoms with Crippen LogP contribution in [0.2, 0.25) is 0 Å². The SMILES string of the molecule is CC(C)Cc1ccc(CNCCC2CCN(C)CC2)cc1. The van der Waals surface area contributed by atoms with E-state index >= 15 is 0 Å². The van der Waals surface area contributed by atoms with Crippen molar-refractivity contribution in [2.24, 2.45) is 11.8 Å². The molecule has 118 valence electrons. The van der Waals surface area contributed by atoms with Gasteiger partial charge in [0, 0.05) is 6.54 Å². The Balaban J connectivity index is 1.62. The molecule has 0 unspecified atom stereocenters. The highest BCUT2D eigenvalue weighted by Gasteiger charge is 2.15. The molecule has 0 atom stereocenters. The van der Waals surface area contributed by atoms with Gasteiger partial charge in [-0.05, 0) is 75.3 Å². The average molecular weight is 288 g/mol. The number of hydrogen-bond acceptors (Lipinski definition) is 2. The van der Waals surface area contributed by atoms with Gasteiger partial charge in [0.2, 0.25) is 0 Å². The number of piperidine rings is 1.